The Hall–Kier alpha value is -4.39. The molecule has 0 unspecified atom stereocenters. The number of carbonyl (C=O) groups excluding carboxylic acids is 1. The van der Waals surface area contributed by atoms with Gasteiger partial charge in [0.05, 0.1) is 0 Å². The Morgan fingerprint density at radius 2 is 1.66 bits per heavy atom. The SMILES string of the molecule is Cc1ccc(C)c(NC(=O)Cn2c(=O)n(CCc3ccccc3)c(=O)c3oc4ccccc4c32)c1. The maximum absolute atomic E-state index is 13.6. The molecule has 176 valence electrons. The molecule has 7 heteroatoms. The molecule has 0 fully saturated rings. The van der Waals surface area contributed by atoms with E-state index in [-0.39, 0.29) is 24.6 Å². The lowest BCUT2D eigenvalue weighted by Crippen LogP contribution is -2.41. The minimum Gasteiger partial charge on any atom is -0.449 e. The first-order valence-corrected chi connectivity index (χ1v) is 11.5. The third-order valence-corrected chi connectivity index (χ3v) is 6.18. The van der Waals surface area contributed by atoms with Gasteiger partial charge < -0.3 is 9.73 Å². The van der Waals surface area contributed by atoms with Crippen LogP contribution in [0.1, 0.15) is 16.7 Å². The molecule has 0 aliphatic carbocycles. The molecule has 0 aliphatic rings. The minimum atomic E-state index is -0.541. The summed E-state index contributed by atoms with van der Waals surface area (Å²) >= 11 is 0. The lowest BCUT2D eigenvalue weighted by molar-refractivity contribution is -0.116. The van der Waals surface area contributed by atoms with E-state index in [1.165, 1.54) is 4.57 Å². The van der Waals surface area contributed by atoms with Crippen molar-refractivity contribution in [3.8, 4) is 0 Å². The van der Waals surface area contributed by atoms with Crippen molar-refractivity contribution in [1.29, 1.82) is 0 Å². The number of nitrogens with one attached hydrogen (secondary N) is 1. The number of aryl methyl sites for hydroxylation is 3. The van der Waals surface area contributed by atoms with Crippen LogP contribution in [0.3, 0.4) is 0 Å². The fraction of sp³-hybridized carbons (Fsp3) is 0.179. The van der Waals surface area contributed by atoms with Crippen molar-refractivity contribution < 1.29 is 9.21 Å². The zero-order valence-corrected chi connectivity index (χ0v) is 19.6. The van der Waals surface area contributed by atoms with E-state index < -0.39 is 11.2 Å². The quantitative estimate of drug-likeness (QED) is 0.401. The van der Waals surface area contributed by atoms with Gasteiger partial charge in [-0.25, -0.2) is 4.79 Å². The Kier molecular flexibility index (Phi) is 5.82. The van der Waals surface area contributed by atoms with Gasteiger partial charge in [-0.3, -0.25) is 18.7 Å². The average Bonchev–Trinajstić information content (AvgIpc) is 3.24. The predicted octanol–water partition coefficient (Wildman–Crippen LogP) is 4.41. The number of furan rings is 1. The number of anilines is 1. The number of fused-ring (bicyclic) bond motifs is 3. The van der Waals surface area contributed by atoms with Crippen molar-refractivity contribution in [1.82, 2.24) is 9.13 Å². The number of para-hydroxylation sites is 1. The number of carbonyl (C=O) groups is 1. The summed E-state index contributed by atoms with van der Waals surface area (Å²) in [5.74, 6) is -0.361. The molecule has 0 atom stereocenters. The summed E-state index contributed by atoms with van der Waals surface area (Å²) in [6, 6.07) is 22.6. The van der Waals surface area contributed by atoms with Crippen LogP contribution in [0.4, 0.5) is 5.69 Å². The Morgan fingerprint density at radius 1 is 0.914 bits per heavy atom. The lowest BCUT2D eigenvalue weighted by atomic mass is 10.1. The zero-order chi connectivity index (χ0) is 24.5. The summed E-state index contributed by atoms with van der Waals surface area (Å²) < 4.78 is 8.38. The van der Waals surface area contributed by atoms with Crippen LogP contribution in [-0.4, -0.2) is 15.0 Å². The maximum atomic E-state index is 13.6. The highest BCUT2D eigenvalue weighted by Gasteiger charge is 2.21. The first-order chi connectivity index (χ1) is 16.9. The third-order valence-electron chi connectivity index (χ3n) is 6.18. The molecule has 2 aromatic heterocycles. The zero-order valence-electron chi connectivity index (χ0n) is 19.6. The highest BCUT2D eigenvalue weighted by molar-refractivity contribution is 6.03. The number of rotatable bonds is 6. The fourth-order valence-corrected chi connectivity index (χ4v) is 4.33. The van der Waals surface area contributed by atoms with Gasteiger partial charge in [-0.2, -0.15) is 0 Å². The van der Waals surface area contributed by atoms with Crippen LogP contribution in [0.25, 0.3) is 22.1 Å². The second-order valence-corrected chi connectivity index (χ2v) is 8.70. The Morgan fingerprint density at radius 3 is 2.46 bits per heavy atom. The van der Waals surface area contributed by atoms with E-state index in [1.807, 2.05) is 68.4 Å². The van der Waals surface area contributed by atoms with Gasteiger partial charge in [0.1, 0.15) is 17.6 Å². The first kappa shape index (κ1) is 22.4. The van der Waals surface area contributed by atoms with Crippen molar-refractivity contribution in [2.24, 2.45) is 0 Å². The van der Waals surface area contributed by atoms with E-state index in [0.29, 0.717) is 28.6 Å². The molecule has 1 N–H and O–H groups in total. The Balaban J connectivity index is 1.60. The first-order valence-electron chi connectivity index (χ1n) is 11.5. The molecule has 0 spiro atoms. The maximum Gasteiger partial charge on any atom is 0.332 e. The van der Waals surface area contributed by atoms with E-state index in [9.17, 15) is 14.4 Å². The second-order valence-electron chi connectivity index (χ2n) is 8.70. The lowest BCUT2D eigenvalue weighted by Gasteiger charge is -2.13. The number of amides is 1. The van der Waals surface area contributed by atoms with Crippen molar-refractivity contribution >= 4 is 33.7 Å². The number of nitrogens with zero attached hydrogens (tertiary/aromatic N) is 2. The Bertz CT molecular complexity index is 1680. The van der Waals surface area contributed by atoms with Gasteiger partial charge in [-0.15, -0.1) is 0 Å². The standard InChI is InChI=1S/C28H25N3O4/c1-18-12-13-19(2)22(16-18)29-24(32)17-31-25-21-10-6-7-11-23(21)35-26(25)27(33)30(28(31)34)15-14-20-8-4-3-5-9-20/h3-13,16H,14-15,17H2,1-2H3,(H,29,32). The van der Waals surface area contributed by atoms with E-state index in [1.54, 1.807) is 18.2 Å². The van der Waals surface area contributed by atoms with Crippen LogP contribution in [0.2, 0.25) is 0 Å². The number of hydrogen-bond donors (Lipinski definition) is 1. The number of benzene rings is 3. The summed E-state index contributed by atoms with van der Waals surface area (Å²) in [5.41, 5.74) is 3.48. The molecule has 1 amide bonds. The highest BCUT2D eigenvalue weighted by atomic mass is 16.3. The predicted molar refractivity (Wildman–Crippen MR) is 137 cm³/mol. The topological polar surface area (TPSA) is 86.2 Å². The average molecular weight is 468 g/mol. The van der Waals surface area contributed by atoms with Crippen molar-refractivity contribution in [3.63, 3.8) is 0 Å². The number of hydrogen-bond acceptors (Lipinski definition) is 4. The molecule has 0 saturated heterocycles. The van der Waals surface area contributed by atoms with Gasteiger partial charge in [0.25, 0.3) is 5.56 Å². The Labute approximate surface area is 201 Å². The summed E-state index contributed by atoms with van der Waals surface area (Å²) in [7, 11) is 0. The van der Waals surface area contributed by atoms with Gasteiger partial charge in [0, 0.05) is 17.6 Å². The van der Waals surface area contributed by atoms with Crippen LogP contribution in [0.15, 0.2) is 86.8 Å². The number of aromatic nitrogens is 2. The van der Waals surface area contributed by atoms with E-state index >= 15 is 0 Å². The molecule has 0 aliphatic heterocycles. The van der Waals surface area contributed by atoms with Crippen molar-refractivity contribution in [3.05, 3.63) is 110 Å². The molecule has 0 bridgehead atoms. The summed E-state index contributed by atoms with van der Waals surface area (Å²) in [6.07, 6.45) is 0.496. The molecular weight excluding hydrogens is 442 g/mol. The monoisotopic (exact) mass is 467 g/mol. The molecule has 35 heavy (non-hydrogen) atoms. The second kappa shape index (κ2) is 9.10. The normalized spacial score (nSPS) is 11.3. The van der Waals surface area contributed by atoms with E-state index in [4.69, 9.17) is 4.42 Å². The van der Waals surface area contributed by atoms with Crippen molar-refractivity contribution in [2.75, 3.05) is 5.32 Å². The summed E-state index contributed by atoms with van der Waals surface area (Å²) in [5, 5.41) is 3.52. The fourth-order valence-electron chi connectivity index (χ4n) is 4.33. The molecule has 2 heterocycles. The summed E-state index contributed by atoms with van der Waals surface area (Å²) in [4.78, 5) is 40.0. The molecule has 0 saturated carbocycles. The van der Waals surface area contributed by atoms with Gasteiger partial charge in [-0.1, -0.05) is 54.6 Å². The van der Waals surface area contributed by atoms with Gasteiger partial charge in [-0.05, 0) is 55.2 Å². The van der Waals surface area contributed by atoms with Gasteiger partial charge in [0.2, 0.25) is 11.5 Å². The largest absolute Gasteiger partial charge is 0.449 e. The van der Waals surface area contributed by atoms with E-state index in [0.717, 1.165) is 21.3 Å². The highest BCUT2D eigenvalue weighted by Crippen LogP contribution is 2.25. The van der Waals surface area contributed by atoms with Crippen LogP contribution in [0.5, 0.6) is 0 Å². The molecule has 5 rings (SSSR count). The molecule has 3 aromatic carbocycles. The molecule has 5 aromatic rings. The van der Waals surface area contributed by atoms with Gasteiger partial charge >= 0.3 is 5.69 Å². The molecular formula is C28H25N3O4. The smallest absolute Gasteiger partial charge is 0.332 e. The van der Waals surface area contributed by atoms with Gasteiger partial charge in [0.15, 0.2) is 0 Å². The van der Waals surface area contributed by atoms with Crippen LogP contribution < -0.4 is 16.6 Å². The molecule has 7 nitrogen and oxygen atoms in total. The van der Waals surface area contributed by atoms with Crippen LogP contribution in [-0.2, 0) is 24.3 Å². The summed E-state index contributed by atoms with van der Waals surface area (Å²) in [6.45, 7) is 3.78. The van der Waals surface area contributed by atoms with Crippen molar-refractivity contribution in [2.45, 2.75) is 33.4 Å². The van der Waals surface area contributed by atoms with E-state index in [2.05, 4.69) is 5.32 Å². The van der Waals surface area contributed by atoms with Crippen LogP contribution >= 0.6 is 0 Å². The van der Waals surface area contributed by atoms with Crippen LogP contribution in [0, 0.1) is 13.8 Å². The molecule has 0 radical (unpaired) electrons. The third kappa shape index (κ3) is 4.28. The minimum absolute atomic E-state index is 0.0680.